The molecule has 0 aliphatic carbocycles. The number of pyridine rings is 2. The summed E-state index contributed by atoms with van der Waals surface area (Å²) >= 11 is 0. The fourth-order valence-electron chi connectivity index (χ4n) is 3.13. The van der Waals surface area contributed by atoms with Crippen LogP contribution in [0.1, 0.15) is 0 Å². The van der Waals surface area contributed by atoms with E-state index in [9.17, 15) is 0 Å². The second-order valence-corrected chi connectivity index (χ2v) is 5.91. The van der Waals surface area contributed by atoms with Crippen LogP contribution in [-0.4, -0.2) is 59.6 Å². The minimum absolute atomic E-state index is 0.325. The van der Waals surface area contributed by atoms with Crippen LogP contribution in [0.4, 0.5) is 5.82 Å². The van der Waals surface area contributed by atoms with Gasteiger partial charge in [0, 0.05) is 44.4 Å². The number of hydrogen-bond donors (Lipinski definition) is 2. The van der Waals surface area contributed by atoms with Crippen LogP contribution >= 0.6 is 0 Å². The van der Waals surface area contributed by atoms with Crippen molar-refractivity contribution >= 4 is 16.9 Å². The minimum Gasteiger partial charge on any atom is -0.383 e. The Morgan fingerprint density at radius 3 is 3.17 bits per heavy atom. The number of nitrogens with one attached hydrogen (secondary N) is 2. The Labute approximate surface area is 140 Å². The van der Waals surface area contributed by atoms with E-state index < -0.39 is 0 Å². The first-order chi connectivity index (χ1) is 11.8. The van der Waals surface area contributed by atoms with Crippen molar-refractivity contribution in [3.8, 4) is 11.4 Å². The van der Waals surface area contributed by atoms with E-state index in [-0.39, 0.29) is 0 Å². The van der Waals surface area contributed by atoms with Crippen molar-refractivity contribution in [2.75, 3.05) is 38.3 Å². The van der Waals surface area contributed by atoms with E-state index in [4.69, 9.17) is 9.72 Å². The molecule has 1 aliphatic rings. The summed E-state index contributed by atoms with van der Waals surface area (Å²) < 4.78 is 5.27. The summed E-state index contributed by atoms with van der Waals surface area (Å²) in [5.74, 6) is 0.974. The zero-order valence-corrected chi connectivity index (χ0v) is 13.6. The van der Waals surface area contributed by atoms with Crippen molar-refractivity contribution in [1.29, 1.82) is 0 Å². The molecule has 1 aliphatic heterocycles. The fourth-order valence-corrected chi connectivity index (χ4v) is 3.13. The van der Waals surface area contributed by atoms with Crippen LogP contribution in [0.15, 0.2) is 36.5 Å². The fraction of sp³-hybridized carbons (Fsp3) is 0.353. The van der Waals surface area contributed by atoms with Crippen molar-refractivity contribution < 1.29 is 4.74 Å². The van der Waals surface area contributed by atoms with Gasteiger partial charge in [0.1, 0.15) is 5.82 Å². The normalized spacial score (nSPS) is 18.2. The van der Waals surface area contributed by atoms with Gasteiger partial charge in [0.2, 0.25) is 0 Å². The van der Waals surface area contributed by atoms with Crippen LogP contribution in [-0.2, 0) is 4.74 Å². The van der Waals surface area contributed by atoms with Gasteiger partial charge in [-0.2, -0.15) is 5.10 Å². The highest BCUT2D eigenvalue weighted by molar-refractivity contribution is 5.89. The predicted molar refractivity (Wildman–Crippen MR) is 93.0 cm³/mol. The molecule has 0 spiro atoms. The standard InChI is InChI=1S/C17H20N6O/c1-24-11-12-10-23(9-8-18-12)15-6-2-5-14(20-15)16-13-4-3-7-19-17(13)22-21-16/h2-7,12,18H,8-11H2,1H3,(H,19,21,22). The molecule has 1 unspecified atom stereocenters. The molecule has 4 heterocycles. The molecule has 0 amide bonds. The van der Waals surface area contributed by atoms with Gasteiger partial charge in [-0.25, -0.2) is 9.97 Å². The smallest absolute Gasteiger partial charge is 0.181 e. The first-order valence-corrected chi connectivity index (χ1v) is 8.09. The van der Waals surface area contributed by atoms with Gasteiger partial charge in [0.15, 0.2) is 5.65 Å². The van der Waals surface area contributed by atoms with Crippen LogP contribution in [0.3, 0.4) is 0 Å². The molecular weight excluding hydrogens is 304 g/mol. The van der Waals surface area contributed by atoms with Crippen LogP contribution in [0.5, 0.6) is 0 Å². The third-order valence-electron chi connectivity index (χ3n) is 4.27. The lowest BCUT2D eigenvalue weighted by atomic mass is 10.2. The van der Waals surface area contributed by atoms with Crippen LogP contribution in [0, 0.1) is 0 Å². The zero-order chi connectivity index (χ0) is 16.4. The first kappa shape index (κ1) is 15.0. The monoisotopic (exact) mass is 324 g/mol. The maximum atomic E-state index is 5.27. The molecule has 0 bridgehead atoms. The highest BCUT2D eigenvalue weighted by atomic mass is 16.5. The van der Waals surface area contributed by atoms with Crippen LogP contribution in [0.25, 0.3) is 22.4 Å². The quantitative estimate of drug-likeness (QED) is 0.756. The van der Waals surface area contributed by atoms with Gasteiger partial charge in [0.25, 0.3) is 0 Å². The molecule has 124 valence electrons. The van der Waals surface area contributed by atoms with Gasteiger partial charge < -0.3 is 15.0 Å². The third-order valence-corrected chi connectivity index (χ3v) is 4.27. The molecule has 7 nitrogen and oxygen atoms in total. The average molecular weight is 324 g/mol. The number of rotatable bonds is 4. The van der Waals surface area contributed by atoms with E-state index in [1.807, 2.05) is 24.3 Å². The lowest BCUT2D eigenvalue weighted by Gasteiger charge is -2.34. The number of aromatic amines is 1. The summed E-state index contributed by atoms with van der Waals surface area (Å²) in [4.78, 5) is 11.4. The second kappa shape index (κ2) is 6.54. The summed E-state index contributed by atoms with van der Waals surface area (Å²) in [5, 5.41) is 11.8. The zero-order valence-electron chi connectivity index (χ0n) is 13.6. The Kier molecular flexibility index (Phi) is 4.10. The Bertz CT molecular complexity index is 831. The number of piperazine rings is 1. The Morgan fingerprint density at radius 1 is 1.29 bits per heavy atom. The molecule has 2 N–H and O–H groups in total. The van der Waals surface area contributed by atoms with Gasteiger partial charge in [-0.15, -0.1) is 0 Å². The molecule has 1 fully saturated rings. The number of nitrogens with zero attached hydrogens (tertiary/aromatic N) is 4. The molecule has 0 saturated carbocycles. The average Bonchev–Trinajstić information content (AvgIpc) is 3.07. The molecule has 0 aromatic carbocycles. The van der Waals surface area contributed by atoms with E-state index in [1.165, 1.54) is 0 Å². The second-order valence-electron chi connectivity index (χ2n) is 5.91. The highest BCUT2D eigenvalue weighted by Crippen LogP contribution is 2.25. The Balaban J connectivity index is 1.64. The van der Waals surface area contributed by atoms with Gasteiger partial charge in [0.05, 0.1) is 18.0 Å². The number of H-pyrrole nitrogens is 1. The molecule has 3 aromatic rings. The van der Waals surface area contributed by atoms with E-state index in [0.717, 1.165) is 42.2 Å². The summed E-state index contributed by atoms with van der Waals surface area (Å²) in [6, 6.07) is 10.3. The van der Waals surface area contributed by atoms with Crippen molar-refractivity contribution in [3.63, 3.8) is 0 Å². The number of ether oxygens (including phenoxy) is 1. The molecule has 24 heavy (non-hydrogen) atoms. The molecule has 0 radical (unpaired) electrons. The summed E-state index contributed by atoms with van der Waals surface area (Å²) in [7, 11) is 1.73. The maximum Gasteiger partial charge on any atom is 0.181 e. The minimum atomic E-state index is 0.325. The molecule has 1 saturated heterocycles. The van der Waals surface area contributed by atoms with Crippen molar-refractivity contribution in [1.82, 2.24) is 25.5 Å². The Morgan fingerprint density at radius 2 is 2.25 bits per heavy atom. The third kappa shape index (κ3) is 2.83. The van der Waals surface area contributed by atoms with Gasteiger partial charge in [-0.05, 0) is 24.3 Å². The van der Waals surface area contributed by atoms with Gasteiger partial charge in [-0.1, -0.05) is 6.07 Å². The number of fused-ring (bicyclic) bond motifs is 1. The van der Waals surface area contributed by atoms with E-state index >= 15 is 0 Å². The number of hydrogen-bond acceptors (Lipinski definition) is 6. The summed E-state index contributed by atoms with van der Waals surface area (Å²) in [6.07, 6.45) is 1.74. The summed E-state index contributed by atoms with van der Waals surface area (Å²) in [6.45, 7) is 3.45. The van der Waals surface area contributed by atoms with Crippen molar-refractivity contribution in [2.24, 2.45) is 0 Å². The molecule has 1 atom stereocenters. The maximum absolute atomic E-state index is 5.27. The lowest BCUT2D eigenvalue weighted by molar-refractivity contribution is 0.163. The van der Waals surface area contributed by atoms with Crippen LogP contribution < -0.4 is 10.2 Å². The van der Waals surface area contributed by atoms with E-state index in [2.05, 4.69) is 31.5 Å². The topological polar surface area (TPSA) is 79.0 Å². The number of aromatic nitrogens is 4. The first-order valence-electron chi connectivity index (χ1n) is 8.09. The van der Waals surface area contributed by atoms with E-state index in [0.29, 0.717) is 18.3 Å². The van der Waals surface area contributed by atoms with Crippen molar-refractivity contribution in [3.05, 3.63) is 36.5 Å². The highest BCUT2D eigenvalue weighted by Gasteiger charge is 2.20. The molecular formula is C17H20N6O. The number of methoxy groups -OCH3 is 1. The lowest BCUT2D eigenvalue weighted by Crippen LogP contribution is -2.52. The van der Waals surface area contributed by atoms with Gasteiger partial charge in [-0.3, -0.25) is 5.10 Å². The summed E-state index contributed by atoms with van der Waals surface area (Å²) in [5.41, 5.74) is 2.50. The van der Waals surface area contributed by atoms with Crippen molar-refractivity contribution in [2.45, 2.75) is 6.04 Å². The SMILES string of the molecule is COCC1CN(c2cccc(-c3[nH]nc4ncccc34)n2)CCN1. The van der Waals surface area contributed by atoms with Crippen LogP contribution in [0.2, 0.25) is 0 Å². The Hall–Kier alpha value is -2.51. The molecule has 7 heteroatoms. The van der Waals surface area contributed by atoms with E-state index in [1.54, 1.807) is 13.3 Å². The number of anilines is 1. The predicted octanol–water partition coefficient (Wildman–Crippen LogP) is 1.44. The molecule has 3 aromatic heterocycles. The largest absolute Gasteiger partial charge is 0.383 e. The van der Waals surface area contributed by atoms with Gasteiger partial charge >= 0.3 is 0 Å². The molecule has 4 rings (SSSR count).